The van der Waals surface area contributed by atoms with E-state index < -0.39 is 5.60 Å². The van der Waals surface area contributed by atoms with Crippen LogP contribution in [0.15, 0.2) is 30.3 Å². The largest absolute Gasteiger partial charge is 0.384 e. The van der Waals surface area contributed by atoms with Gasteiger partial charge in [-0.15, -0.1) is 0 Å². The highest BCUT2D eigenvalue weighted by atomic mass is 16.3. The van der Waals surface area contributed by atoms with Gasteiger partial charge in [0.05, 0.1) is 5.60 Å². The third kappa shape index (κ3) is 4.79. The van der Waals surface area contributed by atoms with E-state index in [1.54, 1.807) is 0 Å². The Labute approximate surface area is 111 Å². The number of benzene rings is 1. The highest BCUT2D eigenvalue weighted by Gasteiger charge is 2.23. The van der Waals surface area contributed by atoms with Gasteiger partial charge in [-0.2, -0.15) is 0 Å². The van der Waals surface area contributed by atoms with Gasteiger partial charge < -0.3 is 10.4 Å². The van der Waals surface area contributed by atoms with E-state index in [9.17, 15) is 5.11 Å². The molecule has 0 fully saturated rings. The third-order valence-corrected chi connectivity index (χ3v) is 3.64. The van der Waals surface area contributed by atoms with Gasteiger partial charge in [0, 0.05) is 12.6 Å². The molecule has 0 radical (unpaired) electrons. The van der Waals surface area contributed by atoms with Gasteiger partial charge >= 0.3 is 0 Å². The Kier molecular flexibility index (Phi) is 5.83. The molecule has 0 aliphatic carbocycles. The van der Waals surface area contributed by atoms with Crippen LogP contribution < -0.4 is 5.32 Å². The second-order valence-corrected chi connectivity index (χ2v) is 5.67. The van der Waals surface area contributed by atoms with Crippen molar-refractivity contribution in [2.24, 2.45) is 5.92 Å². The van der Waals surface area contributed by atoms with Crippen LogP contribution in [0.2, 0.25) is 0 Å². The Morgan fingerprint density at radius 3 is 2.39 bits per heavy atom. The van der Waals surface area contributed by atoms with E-state index in [1.807, 2.05) is 37.3 Å². The van der Waals surface area contributed by atoms with Crippen molar-refractivity contribution in [3.05, 3.63) is 35.9 Å². The lowest BCUT2D eigenvalue weighted by molar-refractivity contribution is 0.0535. The zero-order chi connectivity index (χ0) is 13.6. The lowest BCUT2D eigenvalue weighted by Crippen LogP contribution is -2.40. The molecule has 0 aromatic heterocycles. The van der Waals surface area contributed by atoms with Gasteiger partial charge in [0.1, 0.15) is 0 Å². The standard InChI is InChI=1S/C16H27NO/c1-5-13(2)11-14(3)17-12-16(4,18)15-9-7-6-8-10-15/h6-10,13-14,17-18H,5,11-12H2,1-4H3. The van der Waals surface area contributed by atoms with E-state index in [4.69, 9.17) is 0 Å². The van der Waals surface area contributed by atoms with Crippen LogP contribution >= 0.6 is 0 Å². The first-order valence-electron chi connectivity index (χ1n) is 6.97. The fourth-order valence-electron chi connectivity index (χ4n) is 2.13. The Hall–Kier alpha value is -0.860. The first-order valence-corrected chi connectivity index (χ1v) is 6.97. The third-order valence-electron chi connectivity index (χ3n) is 3.64. The van der Waals surface area contributed by atoms with Crippen molar-refractivity contribution in [1.29, 1.82) is 0 Å². The highest BCUT2D eigenvalue weighted by Crippen LogP contribution is 2.19. The van der Waals surface area contributed by atoms with E-state index in [0.717, 1.165) is 17.9 Å². The van der Waals surface area contributed by atoms with Crippen LogP contribution in [0.4, 0.5) is 0 Å². The Balaban J connectivity index is 2.47. The number of aliphatic hydroxyl groups is 1. The topological polar surface area (TPSA) is 32.3 Å². The lowest BCUT2D eigenvalue weighted by Gasteiger charge is -2.27. The van der Waals surface area contributed by atoms with Gasteiger partial charge in [-0.25, -0.2) is 0 Å². The van der Waals surface area contributed by atoms with Gasteiger partial charge in [0.2, 0.25) is 0 Å². The Morgan fingerprint density at radius 1 is 1.22 bits per heavy atom. The minimum atomic E-state index is -0.801. The maximum atomic E-state index is 10.5. The van der Waals surface area contributed by atoms with Crippen molar-refractivity contribution in [1.82, 2.24) is 5.32 Å². The van der Waals surface area contributed by atoms with E-state index >= 15 is 0 Å². The maximum absolute atomic E-state index is 10.5. The van der Waals surface area contributed by atoms with Crippen molar-refractivity contribution in [2.45, 2.75) is 52.2 Å². The number of nitrogens with one attached hydrogen (secondary N) is 1. The van der Waals surface area contributed by atoms with Gasteiger partial charge in [-0.1, -0.05) is 50.6 Å². The average Bonchev–Trinajstić information content (AvgIpc) is 2.37. The lowest BCUT2D eigenvalue weighted by atomic mass is 9.95. The van der Waals surface area contributed by atoms with Crippen molar-refractivity contribution in [3.8, 4) is 0 Å². The molecule has 1 aromatic carbocycles. The van der Waals surface area contributed by atoms with Crippen LogP contribution in [-0.2, 0) is 5.60 Å². The summed E-state index contributed by atoms with van der Waals surface area (Å²) in [5.41, 5.74) is 0.165. The van der Waals surface area contributed by atoms with E-state index in [1.165, 1.54) is 6.42 Å². The number of hydrogen-bond acceptors (Lipinski definition) is 2. The summed E-state index contributed by atoms with van der Waals surface area (Å²) < 4.78 is 0. The summed E-state index contributed by atoms with van der Waals surface area (Å²) in [5, 5.41) is 13.9. The molecule has 0 spiro atoms. The Morgan fingerprint density at radius 2 is 1.83 bits per heavy atom. The van der Waals surface area contributed by atoms with E-state index in [2.05, 4.69) is 26.1 Å². The van der Waals surface area contributed by atoms with Crippen LogP contribution in [0, 0.1) is 5.92 Å². The molecule has 0 bridgehead atoms. The molecule has 2 N–H and O–H groups in total. The molecule has 1 aromatic rings. The molecular weight excluding hydrogens is 222 g/mol. The molecule has 102 valence electrons. The molecular formula is C16H27NO. The molecule has 0 amide bonds. The minimum Gasteiger partial charge on any atom is -0.384 e. The molecule has 18 heavy (non-hydrogen) atoms. The molecule has 0 saturated heterocycles. The fraction of sp³-hybridized carbons (Fsp3) is 0.625. The number of hydrogen-bond donors (Lipinski definition) is 2. The molecule has 3 unspecified atom stereocenters. The second kappa shape index (κ2) is 6.91. The van der Waals surface area contributed by atoms with Gasteiger partial charge in [-0.05, 0) is 31.7 Å². The summed E-state index contributed by atoms with van der Waals surface area (Å²) in [6, 6.07) is 10.3. The van der Waals surface area contributed by atoms with Gasteiger partial charge in [0.25, 0.3) is 0 Å². The van der Waals surface area contributed by atoms with Crippen molar-refractivity contribution in [2.75, 3.05) is 6.54 Å². The van der Waals surface area contributed by atoms with Crippen molar-refractivity contribution < 1.29 is 5.11 Å². The Bertz CT molecular complexity index is 334. The smallest absolute Gasteiger partial charge is 0.0992 e. The molecule has 0 aliphatic rings. The molecule has 1 rings (SSSR count). The average molecular weight is 249 g/mol. The highest BCUT2D eigenvalue weighted by molar-refractivity contribution is 5.21. The monoisotopic (exact) mass is 249 g/mol. The van der Waals surface area contributed by atoms with Crippen LogP contribution in [-0.4, -0.2) is 17.7 Å². The summed E-state index contributed by atoms with van der Waals surface area (Å²) in [4.78, 5) is 0. The summed E-state index contributed by atoms with van der Waals surface area (Å²) in [5.74, 6) is 0.731. The molecule has 2 heteroatoms. The first kappa shape index (κ1) is 15.2. The van der Waals surface area contributed by atoms with Crippen LogP contribution in [0.3, 0.4) is 0 Å². The molecule has 2 nitrogen and oxygen atoms in total. The van der Waals surface area contributed by atoms with E-state index in [-0.39, 0.29) is 0 Å². The van der Waals surface area contributed by atoms with Crippen LogP contribution in [0.1, 0.15) is 46.1 Å². The van der Waals surface area contributed by atoms with Crippen molar-refractivity contribution >= 4 is 0 Å². The molecule has 3 atom stereocenters. The summed E-state index contributed by atoms with van der Waals surface area (Å²) in [6.45, 7) is 9.14. The maximum Gasteiger partial charge on any atom is 0.0992 e. The quantitative estimate of drug-likeness (QED) is 0.777. The predicted molar refractivity (Wildman–Crippen MR) is 77.5 cm³/mol. The van der Waals surface area contributed by atoms with E-state index in [0.29, 0.717) is 12.6 Å². The zero-order valence-electron chi connectivity index (χ0n) is 12.1. The molecule has 0 heterocycles. The van der Waals surface area contributed by atoms with Crippen LogP contribution in [0.5, 0.6) is 0 Å². The molecule has 0 aliphatic heterocycles. The molecule has 0 saturated carbocycles. The number of rotatable bonds is 7. The first-order chi connectivity index (χ1) is 8.45. The second-order valence-electron chi connectivity index (χ2n) is 5.67. The van der Waals surface area contributed by atoms with Crippen molar-refractivity contribution in [3.63, 3.8) is 0 Å². The zero-order valence-corrected chi connectivity index (χ0v) is 12.1. The summed E-state index contributed by atoms with van der Waals surface area (Å²) in [6.07, 6.45) is 2.36. The minimum absolute atomic E-state index is 0.440. The van der Waals surface area contributed by atoms with Gasteiger partial charge in [0.15, 0.2) is 0 Å². The van der Waals surface area contributed by atoms with Gasteiger partial charge in [-0.3, -0.25) is 0 Å². The SMILES string of the molecule is CCC(C)CC(C)NCC(C)(O)c1ccccc1. The fourth-order valence-corrected chi connectivity index (χ4v) is 2.13. The normalized spacial score (nSPS) is 18.1. The summed E-state index contributed by atoms with van der Waals surface area (Å²) in [7, 11) is 0. The van der Waals surface area contributed by atoms with Crippen LogP contribution in [0.25, 0.3) is 0 Å². The summed E-state index contributed by atoms with van der Waals surface area (Å²) >= 11 is 0. The predicted octanol–water partition coefficient (Wildman–Crippen LogP) is 3.31.